The molecule has 4 nitrogen and oxygen atoms in total. The number of nitrogens with one attached hydrogen (secondary N) is 1. The van der Waals surface area contributed by atoms with Crippen molar-refractivity contribution in [1.82, 2.24) is 5.32 Å². The second-order valence-corrected chi connectivity index (χ2v) is 5.24. The predicted octanol–water partition coefficient (Wildman–Crippen LogP) is 2.36. The van der Waals surface area contributed by atoms with Crippen molar-refractivity contribution in [1.29, 1.82) is 0 Å². The first-order chi connectivity index (χ1) is 9.07. The summed E-state index contributed by atoms with van der Waals surface area (Å²) in [5, 5.41) is 12.4. The molecule has 0 aromatic heterocycles. The summed E-state index contributed by atoms with van der Waals surface area (Å²) >= 11 is 0. The Balaban J connectivity index is 2.10. The molecule has 2 N–H and O–H groups in total. The molecule has 2 unspecified atom stereocenters. The lowest BCUT2D eigenvalue weighted by Gasteiger charge is -2.37. The second kappa shape index (κ2) is 5.61. The number of hydrogen-bond acceptors (Lipinski definition) is 3. The summed E-state index contributed by atoms with van der Waals surface area (Å²) in [7, 11) is 1.71. The molecule has 1 saturated carbocycles. The van der Waals surface area contributed by atoms with Gasteiger partial charge in [0.2, 0.25) is 0 Å². The summed E-state index contributed by atoms with van der Waals surface area (Å²) in [5.74, 6) is 0.0675. The molecule has 0 saturated heterocycles. The van der Waals surface area contributed by atoms with Gasteiger partial charge in [-0.2, -0.15) is 0 Å². The van der Waals surface area contributed by atoms with Crippen LogP contribution in [0.3, 0.4) is 0 Å². The minimum atomic E-state index is -0.842. The standard InChI is InChI=1S/C15H21NO3/c1-11-6-3-4-8-13(11)19-12-7-5-9-15(10-12,16-2)14(17)18/h3-4,6,8,12,16H,5,7,9-10H2,1-2H3,(H,17,18). The van der Waals surface area contributed by atoms with Crippen LogP contribution >= 0.6 is 0 Å². The molecule has 1 aliphatic rings. The quantitative estimate of drug-likeness (QED) is 0.875. The van der Waals surface area contributed by atoms with Crippen molar-refractivity contribution in [2.24, 2.45) is 0 Å². The molecule has 0 bridgehead atoms. The smallest absolute Gasteiger partial charge is 0.324 e. The van der Waals surface area contributed by atoms with Gasteiger partial charge in [0.25, 0.3) is 0 Å². The molecule has 2 atom stereocenters. The number of aliphatic carboxylic acids is 1. The van der Waals surface area contributed by atoms with Crippen molar-refractivity contribution < 1.29 is 14.6 Å². The van der Waals surface area contributed by atoms with Crippen molar-refractivity contribution in [2.45, 2.75) is 44.2 Å². The van der Waals surface area contributed by atoms with Crippen LogP contribution in [0.15, 0.2) is 24.3 Å². The molecule has 2 rings (SSSR count). The van der Waals surface area contributed by atoms with Gasteiger partial charge in [-0.05, 0) is 44.9 Å². The first kappa shape index (κ1) is 13.9. The number of hydrogen-bond donors (Lipinski definition) is 2. The SMILES string of the molecule is CNC1(C(=O)O)CCCC(Oc2ccccc2C)C1. The van der Waals surface area contributed by atoms with Crippen molar-refractivity contribution in [3.63, 3.8) is 0 Å². The lowest BCUT2D eigenvalue weighted by Crippen LogP contribution is -2.55. The summed E-state index contributed by atoms with van der Waals surface area (Å²) in [4.78, 5) is 11.5. The maximum absolute atomic E-state index is 11.5. The Morgan fingerprint density at radius 2 is 2.21 bits per heavy atom. The van der Waals surface area contributed by atoms with Gasteiger partial charge in [-0.3, -0.25) is 4.79 Å². The van der Waals surface area contributed by atoms with Crippen molar-refractivity contribution in [2.75, 3.05) is 7.05 Å². The maximum Gasteiger partial charge on any atom is 0.324 e. The molecule has 4 heteroatoms. The van der Waals surface area contributed by atoms with Crippen LogP contribution in [0.5, 0.6) is 5.75 Å². The number of para-hydroxylation sites is 1. The van der Waals surface area contributed by atoms with Gasteiger partial charge in [-0.25, -0.2) is 0 Å². The Kier molecular flexibility index (Phi) is 4.10. The van der Waals surface area contributed by atoms with Crippen LogP contribution < -0.4 is 10.1 Å². The Morgan fingerprint density at radius 1 is 1.47 bits per heavy atom. The molecular formula is C15H21NO3. The van der Waals surface area contributed by atoms with Crippen LogP contribution in [0.2, 0.25) is 0 Å². The average molecular weight is 263 g/mol. The topological polar surface area (TPSA) is 58.6 Å². The molecule has 0 radical (unpaired) electrons. The van der Waals surface area contributed by atoms with Crippen LogP contribution in [0.25, 0.3) is 0 Å². The third-order valence-corrected chi connectivity index (χ3v) is 3.98. The lowest BCUT2D eigenvalue weighted by atomic mass is 9.80. The van der Waals surface area contributed by atoms with Crippen molar-refractivity contribution in [3.05, 3.63) is 29.8 Å². The predicted molar refractivity (Wildman–Crippen MR) is 73.5 cm³/mol. The molecule has 0 amide bonds. The van der Waals surface area contributed by atoms with Crippen molar-refractivity contribution in [3.8, 4) is 5.75 Å². The fourth-order valence-corrected chi connectivity index (χ4v) is 2.72. The largest absolute Gasteiger partial charge is 0.490 e. The Labute approximate surface area is 113 Å². The first-order valence-corrected chi connectivity index (χ1v) is 6.72. The Morgan fingerprint density at radius 3 is 2.84 bits per heavy atom. The monoisotopic (exact) mass is 263 g/mol. The highest BCUT2D eigenvalue weighted by atomic mass is 16.5. The Bertz CT molecular complexity index is 460. The molecule has 19 heavy (non-hydrogen) atoms. The summed E-state index contributed by atoms with van der Waals surface area (Å²) in [6.07, 6.45) is 2.90. The van der Waals surface area contributed by atoms with E-state index in [-0.39, 0.29) is 6.10 Å². The first-order valence-electron chi connectivity index (χ1n) is 6.72. The molecule has 1 fully saturated rings. The number of rotatable bonds is 4. The Hall–Kier alpha value is -1.55. The lowest BCUT2D eigenvalue weighted by molar-refractivity contribution is -0.147. The van der Waals surface area contributed by atoms with Gasteiger partial charge in [0.1, 0.15) is 17.4 Å². The van der Waals surface area contributed by atoms with Gasteiger partial charge in [0.05, 0.1) is 0 Å². The number of carboxylic acids is 1. The molecule has 104 valence electrons. The highest BCUT2D eigenvalue weighted by Gasteiger charge is 2.42. The van der Waals surface area contributed by atoms with E-state index >= 15 is 0 Å². The van der Waals surface area contributed by atoms with Crippen LogP contribution in [-0.2, 0) is 4.79 Å². The third-order valence-electron chi connectivity index (χ3n) is 3.98. The van der Waals surface area contributed by atoms with E-state index in [0.717, 1.165) is 24.2 Å². The molecular weight excluding hydrogens is 242 g/mol. The zero-order valence-corrected chi connectivity index (χ0v) is 11.5. The van der Waals surface area contributed by atoms with Crippen LogP contribution in [0.1, 0.15) is 31.2 Å². The minimum Gasteiger partial charge on any atom is -0.490 e. The van der Waals surface area contributed by atoms with E-state index < -0.39 is 11.5 Å². The number of carboxylic acid groups (broad SMARTS) is 1. The number of carbonyl (C=O) groups is 1. The summed E-state index contributed by atoms with van der Waals surface area (Å²) in [6.45, 7) is 2.00. The molecule has 0 aliphatic heterocycles. The molecule has 0 heterocycles. The normalized spacial score (nSPS) is 26.9. The van der Waals surface area contributed by atoms with Crippen LogP contribution in [0.4, 0.5) is 0 Å². The van der Waals surface area contributed by atoms with Gasteiger partial charge in [0, 0.05) is 6.42 Å². The number of aryl methyl sites for hydroxylation is 1. The highest BCUT2D eigenvalue weighted by molar-refractivity contribution is 5.79. The van der Waals surface area contributed by atoms with Crippen LogP contribution in [0, 0.1) is 6.92 Å². The minimum absolute atomic E-state index is 0.0431. The summed E-state index contributed by atoms with van der Waals surface area (Å²) < 4.78 is 5.99. The number of ether oxygens (including phenoxy) is 1. The van der Waals surface area contributed by atoms with E-state index in [1.54, 1.807) is 7.05 Å². The van der Waals surface area contributed by atoms with Gasteiger partial charge in [-0.15, -0.1) is 0 Å². The van der Waals surface area contributed by atoms with Gasteiger partial charge < -0.3 is 15.2 Å². The van der Waals surface area contributed by atoms with E-state index in [1.807, 2.05) is 31.2 Å². The molecule has 1 aromatic rings. The number of likely N-dealkylation sites (N-methyl/N-ethyl adjacent to an activating group) is 1. The summed E-state index contributed by atoms with van der Waals surface area (Å²) in [6, 6.07) is 7.85. The van der Waals surface area contributed by atoms with Gasteiger partial charge >= 0.3 is 5.97 Å². The van der Waals surface area contributed by atoms with Gasteiger partial charge in [-0.1, -0.05) is 18.2 Å². The van der Waals surface area contributed by atoms with E-state index in [2.05, 4.69) is 5.32 Å². The third kappa shape index (κ3) is 2.89. The fourth-order valence-electron chi connectivity index (χ4n) is 2.72. The molecule has 1 aromatic carbocycles. The van der Waals surface area contributed by atoms with E-state index in [4.69, 9.17) is 4.74 Å². The van der Waals surface area contributed by atoms with E-state index in [0.29, 0.717) is 12.8 Å². The summed E-state index contributed by atoms with van der Waals surface area (Å²) in [5.41, 5.74) is 0.240. The van der Waals surface area contributed by atoms with Gasteiger partial charge in [0.15, 0.2) is 0 Å². The number of benzene rings is 1. The highest BCUT2D eigenvalue weighted by Crippen LogP contribution is 2.32. The fraction of sp³-hybridized carbons (Fsp3) is 0.533. The zero-order chi connectivity index (χ0) is 13.9. The van der Waals surface area contributed by atoms with Crippen LogP contribution in [-0.4, -0.2) is 29.8 Å². The maximum atomic E-state index is 11.5. The average Bonchev–Trinajstić information content (AvgIpc) is 2.41. The second-order valence-electron chi connectivity index (χ2n) is 5.24. The van der Waals surface area contributed by atoms with Crippen molar-refractivity contribution >= 4 is 5.97 Å². The molecule has 1 aliphatic carbocycles. The zero-order valence-electron chi connectivity index (χ0n) is 11.5. The van der Waals surface area contributed by atoms with E-state index in [1.165, 1.54) is 0 Å². The van der Waals surface area contributed by atoms with E-state index in [9.17, 15) is 9.90 Å². The molecule has 0 spiro atoms.